The highest BCUT2D eigenvalue weighted by Crippen LogP contribution is 2.59. The van der Waals surface area contributed by atoms with Crippen LogP contribution in [0.15, 0.2) is 29.0 Å². The zero-order valence-electron chi connectivity index (χ0n) is 31.4. The Hall–Kier alpha value is -3.47. The molecule has 1 saturated heterocycles. The first kappa shape index (κ1) is 37.8. The Balaban J connectivity index is 1.43. The number of rotatable bonds is 10. The van der Waals surface area contributed by atoms with Crippen molar-refractivity contribution in [2.24, 2.45) is 29.1 Å². The molecule has 2 unspecified atom stereocenters. The number of aromatic nitrogens is 2. The zero-order valence-corrected chi connectivity index (χ0v) is 31.4. The second-order valence-corrected chi connectivity index (χ2v) is 17.6. The molecule has 2 aromatic heterocycles. The number of nitrogens with one attached hydrogen (secondary N) is 2. The number of piperidine rings is 1. The molecule has 3 fully saturated rings. The van der Waals surface area contributed by atoms with E-state index in [0.29, 0.717) is 80.8 Å². The van der Waals surface area contributed by atoms with Gasteiger partial charge >= 0.3 is 6.09 Å². The minimum absolute atomic E-state index is 0.00733. The highest BCUT2D eigenvalue weighted by molar-refractivity contribution is 6.00. The van der Waals surface area contributed by atoms with E-state index in [-0.39, 0.29) is 52.9 Å². The Labute approximate surface area is 297 Å². The zero-order chi connectivity index (χ0) is 36.4. The van der Waals surface area contributed by atoms with Crippen molar-refractivity contribution in [1.82, 2.24) is 20.2 Å². The number of Topliss-reactive ketones (excluding diaryl/α,β-unsaturated/α-hetero) is 1. The fourth-order valence-corrected chi connectivity index (χ4v) is 8.33. The van der Waals surface area contributed by atoms with E-state index in [1.54, 1.807) is 17.4 Å². The molecule has 4 atom stereocenters. The molecule has 11 nitrogen and oxygen atoms in total. The molecule has 0 aromatic carbocycles. The Kier molecular flexibility index (Phi) is 11.3. The molecule has 1 spiro atoms. The van der Waals surface area contributed by atoms with Crippen LogP contribution in [0.3, 0.4) is 0 Å². The first-order valence-corrected chi connectivity index (χ1v) is 18.6. The van der Waals surface area contributed by atoms with Crippen molar-refractivity contribution in [1.29, 1.82) is 0 Å². The number of amides is 2. The maximum atomic E-state index is 14.4. The van der Waals surface area contributed by atoms with Gasteiger partial charge in [0.25, 0.3) is 0 Å². The van der Waals surface area contributed by atoms with Crippen molar-refractivity contribution in [3.63, 3.8) is 0 Å². The lowest BCUT2D eigenvalue weighted by atomic mass is 9.48. The summed E-state index contributed by atoms with van der Waals surface area (Å²) in [6, 6.07) is 3.43. The average Bonchev–Trinajstić information content (AvgIpc) is 3.55. The molecule has 3 heterocycles. The van der Waals surface area contributed by atoms with Gasteiger partial charge < -0.3 is 29.8 Å². The lowest BCUT2D eigenvalue weighted by molar-refractivity contribution is -0.132. The van der Waals surface area contributed by atoms with Crippen molar-refractivity contribution >= 4 is 23.6 Å². The van der Waals surface area contributed by atoms with Crippen molar-refractivity contribution in [3.8, 4) is 0 Å². The summed E-state index contributed by atoms with van der Waals surface area (Å²) in [4.78, 5) is 52.8. The Morgan fingerprint density at radius 3 is 2.44 bits per heavy atom. The molecular formula is C39H59N5O6. The first-order valence-electron chi connectivity index (χ1n) is 18.6. The second kappa shape index (κ2) is 15.0. The van der Waals surface area contributed by atoms with Gasteiger partial charge in [0.2, 0.25) is 5.91 Å². The number of likely N-dealkylation sites (tertiary alicyclic amines) is 1. The summed E-state index contributed by atoms with van der Waals surface area (Å²) >= 11 is 0. The van der Waals surface area contributed by atoms with Gasteiger partial charge in [-0.1, -0.05) is 34.6 Å². The van der Waals surface area contributed by atoms with E-state index in [0.717, 1.165) is 18.6 Å². The number of carbonyl (C=O) groups is 3. The van der Waals surface area contributed by atoms with Gasteiger partial charge in [0.1, 0.15) is 23.0 Å². The normalized spacial score (nSPS) is 27.2. The van der Waals surface area contributed by atoms with E-state index in [1.165, 1.54) is 0 Å². The third-order valence-electron chi connectivity index (χ3n) is 10.6. The van der Waals surface area contributed by atoms with Crippen molar-refractivity contribution in [2.75, 3.05) is 18.4 Å². The summed E-state index contributed by atoms with van der Waals surface area (Å²) in [5.74, 6) is 2.38. The van der Waals surface area contributed by atoms with Gasteiger partial charge in [-0.3, -0.25) is 9.59 Å². The van der Waals surface area contributed by atoms with Gasteiger partial charge in [-0.25, -0.2) is 14.8 Å². The summed E-state index contributed by atoms with van der Waals surface area (Å²) in [7, 11) is 0. The highest BCUT2D eigenvalue weighted by Gasteiger charge is 2.58. The topological polar surface area (TPSA) is 147 Å². The number of nitrogens with zero attached hydrogens (tertiary/aromatic N) is 3. The molecule has 5 rings (SSSR count). The van der Waals surface area contributed by atoms with E-state index in [2.05, 4.69) is 29.5 Å². The maximum absolute atomic E-state index is 14.4. The van der Waals surface area contributed by atoms with Crippen LogP contribution in [-0.4, -0.2) is 68.6 Å². The van der Waals surface area contributed by atoms with Crippen LogP contribution in [0, 0.1) is 29.1 Å². The van der Waals surface area contributed by atoms with Crippen LogP contribution < -0.4 is 10.6 Å². The van der Waals surface area contributed by atoms with Crippen molar-refractivity contribution in [2.45, 2.75) is 136 Å². The number of aliphatic hydroxyl groups is 1. The van der Waals surface area contributed by atoms with E-state index in [1.807, 2.05) is 53.7 Å². The molecule has 3 aliphatic rings. The molecule has 276 valence electrons. The largest absolute Gasteiger partial charge is 0.467 e. The standard InChI is InChI=1S/C39H59N5O6/c1-24(2)16-26-18-39(19-27(22-44(23-39)36(48)50-38(6,7)8)42-34(47)25-11-13-28(45)14-12-25)31(26)17-32(46)30-21-41-35(37(3,4)5)43-33(30)40-20-29-10-9-15-49-29/h9-10,15,21,24-28,31,45H,11-14,16-20,22-23H2,1-8H3,(H,42,47)(H,40,41,43)/t25?,26?,27-,28?,31?,39-/m1/s1. The number of furan rings is 1. The number of carbonyl (C=O) groups excluding carboxylic acids is 3. The van der Waals surface area contributed by atoms with Crippen LogP contribution in [0.5, 0.6) is 0 Å². The molecule has 2 aromatic rings. The first-order chi connectivity index (χ1) is 23.4. The fraction of sp³-hybridized carbons (Fsp3) is 0.718. The molecule has 1 aliphatic heterocycles. The molecule has 0 bridgehead atoms. The Bertz CT molecular complexity index is 1490. The molecule has 11 heteroatoms. The summed E-state index contributed by atoms with van der Waals surface area (Å²) < 4.78 is 11.4. The molecule has 2 amide bonds. The summed E-state index contributed by atoms with van der Waals surface area (Å²) in [6.45, 7) is 17.3. The third kappa shape index (κ3) is 9.25. The van der Waals surface area contributed by atoms with E-state index in [4.69, 9.17) is 14.1 Å². The van der Waals surface area contributed by atoms with Crippen LogP contribution in [0.25, 0.3) is 0 Å². The lowest BCUT2D eigenvalue weighted by Gasteiger charge is -2.61. The number of hydrogen-bond acceptors (Lipinski definition) is 9. The van der Waals surface area contributed by atoms with Crippen molar-refractivity contribution < 1.29 is 28.6 Å². The van der Waals surface area contributed by atoms with E-state index in [9.17, 15) is 19.5 Å². The molecular weight excluding hydrogens is 634 g/mol. The van der Waals surface area contributed by atoms with E-state index < -0.39 is 11.7 Å². The van der Waals surface area contributed by atoms with Crippen LogP contribution in [0.1, 0.15) is 129 Å². The minimum Gasteiger partial charge on any atom is -0.467 e. The van der Waals surface area contributed by atoms with Crippen molar-refractivity contribution in [3.05, 3.63) is 41.7 Å². The molecule has 0 radical (unpaired) electrons. The van der Waals surface area contributed by atoms with Crippen LogP contribution in [-0.2, 0) is 21.5 Å². The molecule has 3 N–H and O–H groups in total. The molecule has 2 saturated carbocycles. The minimum atomic E-state index is -0.670. The fourth-order valence-electron chi connectivity index (χ4n) is 8.33. The van der Waals surface area contributed by atoms with Gasteiger partial charge in [0.05, 0.1) is 24.5 Å². The summed E-state index contributed by atoms with van der Waals surface area (Å²) in [5, 5.41) is 16.6. The van der Waals surface area contributed by atoms with E-state index >= 15 is 0 Å². The number of aliphatic hydroxyl groups excluding tert-OH is 1. The lowest BCUT2D eigenvalue weighted by Crippen LogP contribution is -2.65. The van der Waals surface area contributed by atoms with Crippen LogP contribution in [0.2, 0.25) is 0 Å². The third-order valence-corrected chi connectivity index (χ3v) is 10.6. The predicted octanol–water partition coefficient (Wildman–Crippen LogP) is 6.90. The summed E-state index contributed by atoms with van der Waals surface area (Å²) in [5.41, 5.74) is -0.901. The van der Waals surface area contributed by atoms with Crippen LogP contribution >= 0.6 is 0 Å². The number of anilines is 1. The highest BCUT2D eigenvalue weighted by atomic mass is 16.6. The SMILES string of the molecule is CC(C)CC1C[C@]2(C[C@@H](NC(=O)C3CCC(O)CC3)CN(C(=O)OC(C)(C)C)C2)C1CC(=O)c1cnc(C(C)(C)C)nc1NCc1ccco1. The molecule has 2 aliphatic carbocycles. The quantitative estimate of drug-likeness (QED) is 0.226. The summed E-state index contributed by atoms with van der Waals surface area (Å²) in [6.07, 6.45) is 7.89. The second-order valence-electron chi connectivity index (χ2n) is 17.6. The number of hydrogen-bond donors (Lipinski definition) is 3. The Morgan fingerprint density at radius 1 is 1.10 bits per heavy atom. The Morgan fingerprint density at radius 2 is 1.82 bits per heavy atom. The average molecular weight is 694 g/mol. The van der Waals surface area contributed by atoms with Gasteiger partial charge in [-0.05, 0) is 101 Å². The smallest absolute Gasteiger partial charge is 0.410 e. The number of ketones is 1. The maximum Gasteiger partial charge on any atom is 0.410 e. The van der Waals surface area contributed by atoms with Gasteiger partial charge in [0, 0.05) is 43.1 Å². The van der Waals surface area contributed by atoms with Crippen LogP contribution in [0.4, 0.5) is 10.6 Å². The van der Waals surface area contributed by atoms with Gasteiger partial charge in [0.15, 0.2) is 5.78 Å². The van der Waals surface area contributed by atoms with Gasteiger partial charge in [-0.2, -0.15) is 0 Å². The number of ether oxygens (including phenoxy) is 1. The molecule has 50 heavy (non-hydrogen) atoms. The van der Waals surface area contributed by atoms with Gasteiger partial charge in [-0.15, -0.1) is 0 Å². The predicted molar refractivity (Wildman–Crippen MR) is 192 cm³/mol. The monoisotopic (exact) mass is 693 g/mol.